The molecule has 0 spiro atoms. The van der Waals surface area contributed by atoms with Crippen LogP contribution in [0.4, 0.5) is 0 Å². The van der Waals surface area contributed by atoms with Gasteiger partial charge in [0.15, 0.2) is 5.76 Å². The first kappa shape index (κ1) is 21.2. The number of carbonyl (C=O) groups is 1. The summed E-state index contributed by atoms with van der Waals surface area (Å²) in [5.74, 6) is 1.26. The largest absolute Gasteiger partial charge is 0.494 e. The average molecular weight is 428 g/mol. The zero-order valence-corrected chi connectivity index (χ0v) is 18.0. The van der Waals surface area contributed by atoms with Crippen molar-refractivity contribution in [2.24, 2.45) is 5.10 Å². The Hall–Kier alpha value is -4.06. The van der Waals surface area contributed by atoms with Crippen molar-refractivity contribution in [3.8, 4) is 11.5 Å². The normalized spacial score (nSPS) is 11.1. The molecule has 32 heavy (non-hydrogen) atoms. The van der Waals surface area contributed by atoms with Crippen molar-refractivity contribution in [3.63, 3.8) is 0 Å². The van der Waals surface area contributed by atoms with Gasteiger partial charge in [-0.3, -0.25) is 4.79 Å². The summed E-state index contributed by atoms with van der Waals surface area (Å²) < 4.78 is 16.9. The predicted octanol–water partition coefficient (Wildman–Crippen LogP) is 5.48. The number of hydrogen-bond acceptors (Lipinski definition) is 5. The van der Waals surface area contributed by atoms with Crippen molar-refractivity contribution in [3.05, 3.63) is 95.2 Å². The number of amides is 1. The van der Waals surface area contributed by atoms with E-state index in [1.165, 1.54) is 5.56 Å². The van der Waals surface area contributed by atoms with E-state index < -0.39 is 5.91 Å². The van der Waals surface area contributed by atoms with Crippen LogP contribution >= 0.6 is 0 Å². The molecule has 3 aromatic carbocycles. The molecule has 4 rings (SSSR count). The monoisotopic (exact) mass is 428 g/mol. The molecule has 0 bridgehead atoms. The molecule has 1 amide bonds. The van der Waals surface area contributed by atoms with E-state index in [2.05, 4.69) is 41.7 Å². The predicted molar refractivity (Wildman–Crippen MR) is 124 cm³/mol. The Morgan fingerprint density at radius 1 is 0.969 bits per heavy atom. The topological polar surface area (TPSA) is 73.1 Å². The minimum atomic E-state index is -0.423. The fourth-order valence-electron chi connectivity index (χ4n) is 3.11. The lowest BCUT2D eigenvalue weighted by atomic mass is 10.2. The molecule has 1 aromatic heterocycles. The number of aryl methyl sites for hydroxylation is 1. The fraction of sp³-hybridized carbons (Fsp3) is 0.154. The lowest BCUT2D eigenvalue weighted by Gasteiger charge is -2.06. The van der Waals surface area contributed by atoms with Gasteiger partial charge < -0.3 is 13.9 Å². The van der Waals surface area contributed by atoms with Crippen molar-refractivity contribution in [1.82, 2.24) is 5.43 Å². The number of hydrazone groups is 1. The summed E-state index contributed by atoms with van der Waals surface area (Å²) in [6.07, 6.45) is 1.57. The van der Waals surface area contributed by atoms with E-state index in [9.17, 15) is 4.79 Å². The summed E-state index contributed by atoms with van der Waals surface area (Å²) in [4.78, 5) is 12.3. The molecule has 162 valence electrons. The first-order valence-corrected chi connectivity index (χ1v) is 10.4. The van der Waals surface area contributed by atoms with E-state index in [1.54, 1.807) is 18.3 Å². The van der Waals surface area contributed by atoms with Gasteiger partial charge >= 0.3 is 5.91 Å². The van der Waals surface area contributed by atoms with Gasteiger partial charge in [-0.2, -0.15) is 5.10 Å². The molecule has 0 unspecified atom stereocenters. The minimum absolute atomic E-state index is 0.186. The number of rotatable bonds is 8. The Balaban J connectivity index is 1.31. The third-order valence-electron chi connectivity index (χ3n) is 4.81. The average Bonchev–Trinajstić information content (AvgIpc) is 3.23. The summed E-state index contributed by atoms with van der Waals surface area (Å²) in [5, 5.41) is 4.81. The van der Waals surface area contributed by atoms with Crippen molar-refractivity contribution in [2.75, 3.05) is 6.61 Å². The number of carbonyl (C=O) groups excluding carboxylic acids is 1. The molecule has 0 fully saturated rings. The van der Waals surface area contributed by atoms with Crippen molar-refractivity contribution in [2.45, 2.75) is 20.5 Å². The second kappa shape index (κ2) is 9.83. The molecule has 0 saturated carbocycles. The number of ether oxygens (including phenoxy) is 2. The molecule has 0 aliphatic carbocycles. The van der Waals surface area contributed by atoms with Gasteiger partial charge in [0.2, 0.25) is 0 Å². The number of nitrogens with zero attached hydrogens (tertiary/aromatic N) is 1. The Kier molecular flexibility index (Phi) is 6.51. The van der Waals surface area contributed by atoms with E-state index >= 15 is 0 Å². The Morgan fingerprint density at radius 3 is 2.47 bits per heavy atom. The highest BCUT2D eigenvalue weighted by molar-refractivity contribution is 5.96. The van der Waals surface area contributed by atoms with Crippen LogP contribution in [-0.2, 0) is 6.61 Å². The Labute approximate surface area is 186 Å². The highest BCUT2D eigenvalue weighted by atomic mass is 16.5. The van der Waals surface area contributed by atoms with Gasteiger partial charge in [0, 0.05) is 5.39 Å². The third kappa shape index (κ3) is 5.35. The van der Waals surface area contributed by atoms with Crippen LogP contribution in [0.1, 0.15) is 34.2 Å². The molecule has 0 radical (unpaired) electrons. The van der Waals surface area contributed by atoms with Crippen molar-refractivity contribution >= 4 is 23.1 Å². The second-order valence-electron chi connectivity index (χ2n) is 7.29. The maximum Gasteiger partial charge on any atom is 0.307 e. The van der Waals surface area contributed by atoms with Gasteiger partial charge in [0.25, 0.3) is 0 Å². The number of hydrogen-bond donors (Lipinski definition) is 1. The van der Waals surface area contributed by atoms with Crippen LogP contribution in [0.3, 0.4) is 0 Å². The van der Waals surface area contributed by atoms with Crippen LogP contribution in [-0.4, -0.2) is 18.7 Å². The zero-order valence-electron chi connectivity index (χ0n) is 18.0. The molecule has 1 heterocycles. The highest BCUT2D eigenvalue weighted by Gasteiger charge is 2.12. The third-order valence-corrected chi connectivity index (χ3v) is 4.81. The molecule has 1 N–H and O–H groups in total. The highest BCUT2D eigenvalue weighted by Crippen LogP contribution is 2.24. The van der Waals surface area contributed by atoms with E-state index in [1.807, 2.05) is 43.3 Å². The number of furan rings is 1. The Morgan fingerprint density at radius 2 is 1.72 bits per heavy atom. The van der Waals surface area contributed by atoms with Gasteiger partial charge in [-0.1, -0.05) is 29.8 Å². The standard InChI is InChI=1S/C26H24N2O4/c1-3-30-23-12-13-24-21(14-23)15-25(32-24)26(29)28-27-16-19-8-10-22(11-9-19)31-17-20-6-4-18(2)5-7-20/h4-16H,3,17H2,1-2H3,(H,28,29)/b27-16+. The molecule has 0 atom stereocenters. The lowest BCUT2D eigenvalue weighted by molar-refractivity contribution is 0.0929. The van der Waals surface area contributed by atoms with Crippen LogP contribution in [0.25, 0.3) is 11.0 Å². The lowest BCUT2D eigenvalue weighted by Crippen LogP contribution is -2.16. The fourth-order valence-corrected chi connectivity index (χ4v) is 3.11. The Bertz CT molecular complexity index is 1230. The van der Waals surface area contributed by atoms with E-state index in [0.29, 0.717) is 18.8 Å². The van der Waals surface area contributed by atoms with Gasteiger partial charge in [0.1, 0.15) is 23.7 Å². The molecule has 6 heteroatoms. The van der Waals surface area contributed by atoms with Crippen LogP contribution in [0.15, 0.2) is 82.3 Å². The SMILES string of the molecule is CCOc1ccc2oc(C(=O)N/N=C/c3ccc(OCc4ccc(C)cc4)cc3)cc2c1. The van der Waals surface area contributed by atoms with Gasteiger partial charge in [0.05, 0.1) is 12.8 Å². The molecule has 4 aromatic rings. The second-order valence-corrected chi connectivity index (χ2v) is 7.29. The smallest absolute Gasteiger partial charge is 0.307 e. The molecular formula is C26H24N2O4. The molecule has 0 saturated heterocycles. The summed E-state index contributed by atoms with van der Waals surface area (Å²) in [6.45, 7) is 5.06. The molecular weight excluding hydrogens is 404 g/mol. The summed E-state index contributed by atoms with van der Waals surface area (Å²) in [6, 6.07) is 22.8. The van der Waals surface area contributed by atoms with Crippen LogP contribution < -0.4 is 14.9 Å². The first-order chi connectivity index (χ1) is 15.6. The number of benzene rings is 3. The van der Waals surface area contributed by atoms with Crippen molar-refractivity contribution < 1.29 is 18.7 Å². The van der Waals surface area contributed by atoms with Crippen LogP contribution in [0.5, 0.6) is 11.5 Å². The van der Waals surface area contributed by atoms with Gasteiger partial charge in [-0.15, -0.1) is 0 Å². The molecule has 0 aliphatic heterocycles. The van der Waals surface area contributed by atoms with E-state index in [0.717, 1.165) is 28.0 Å². The maximum atomic E-state index is 12.3. The van der Waals surface area contributed by atoms with Gasteiger partial charge in [-0.25, -0.2) is 5.43 Å². The molecule has 6 nitrogen and oxygen atoms in total. The van der Waals surface area contributed by atoms with Crippen molar-refractivity contribution in [1.29, 1.82) is 0 Å². The van der Waals surface area contributed by atoms with E-state index in [-0.39, 0.29) is 5.76 Å². The maximum absolute atomic E-state index is 12.3. The zero-order chi connectivity index (χ0) is 22.3. The summed E-state index contributed by atoms with van der Waals surface area (Å²) >= 11 is 0. The van der Waals surface area contributed by atoms with Gasteiger partial charge in [-0.05, 0) is 73.5 Å². The van der Waals surface area contributed by atoms with E-state index in [4.69, 9.17) is 13.9 Å². The quantitative estimate of drug-likeness (QED) is 0.298. The van der Waals surface area contributed by atoms with Crippen LogP contribution in [0.2, 0.25) is 0 Å². The summed E-state index contributed by atoms with van der Waals surface area (Å²) in [7, 11) is 0. The first-order valence-electron chi connectivity index (χ1n) is 10.4. The molecule has 0 aliphatic rings. The summed E-state index contributed by atoms with van der Waals surface area (Å²) in [5.41, 5.74) is 6.27. The number of nitrogens with one attached hydrogen (secondary N) is 1. The minimum Gasteiger partial charge on any atom is -0.494 e. The van der Waals surface area contributed by atoms with Crippen LogP contribution in [0, 0.1) is 6.92 Å². The number of fused-ring (bicyclic) bond motifs is 1.